The minimum Gasteiger partial charge on any atom is -0.301 e. The second-order valence-electron chi connectivity index (χ2n) is 4.28. The maximum atomic E-state index is 11.8. The SMILES string of the molecule is CN(C)NC(=O)[C@@H]1Cc2ccccc2CN1. The number of carbonyl (C=O) groups is 1. The van der Waals surface area contributed by atoms with Crippen LogP contribution in [0.1, 0.15) is 11.1 Å². The average molecular weight is 219 g/mol. The fourth-order valence-corrected chi connectivity index (χ4v) is 1.94. The van der Waals surface area contributed by atoms with E-state index in [1.807, 2.05) is 26.2 Å². The summed E-state index contributed by atoms with van der Waals surface area (Å²) in [5.41, 5.74) is 5.33. The van der Waals surface area contributed by atoms with E-state index in [0.29, 0.717) is 0 Å². The summed E-state index contributed by atoms with van der Waals surface area (Å²) in [6.07, 6.45) is 0.760. The highest BCUT2D eigenvalue weighted by Gasteiger charge is 2.23. The molecule has 0 aliphatic carbocycles. The third kappa shape index (κ3) is 2.40. The monoisotopic (exact) mass is 219 g/mol. The third-order valence-electron chi connectivity index (χ3n) is 2.73. The second kappa shape index (κ2) is 4.63. The Kier molecular flexibility index (Phi) is 3.22. The smallest absolute Gasteiger partial charge is 0.251 e. The molecule has 1 amide bonds. The zero-order chi connectivity index (χ0) is 11.5. The molecule has 16 heavy (non-hydrogen) atoms. The number of hydrazine groups is 1. The van der Waals surface area contributed by atoms with Crippen LogP contribution in [-0.4, -0.2) is 31.1 Å². The third-order valence-corrected chi connectivity index (χ3v) is 2.73. The zero-order valence-corrected chi connectivity index (χ0v) is 9.66. The second-order valence-corrected chi connectivity index (χ2v) is 4.28. The van der Waals surface area contributed by atoms with Crippen LogP contribution in [0.25, 0.3) is 0 Å². The van der Waals surface area contributed by atoms with Gasteiger partial charge in [0.05, 0.1) is 6.04 Å². The van der Waals surface area contributed by atoms with Crippen LogP contribution in [0.3, 0.4) is 0 Å². The summed E-state index contributed by atoms with van der Waals surface area (Å²) in [5.74, 6) is 0.0273. The van der Waals surface area contributed by atoms with Gasteiger partial charge in [-0.3, -0.25) is 10.2 Å². The van der Waals surface area contributed by atoms with Crippen molar-refractivity contribution in [2.24, 2.45) is 0 Å². The van der Waals surface area contributed by atoms with Crippen LogP contribution >= 0.6 is 0 Å². The van der Waals surface area contributed by atoms with E-state index >= 15 is 0 Å². The van der Waals surface area contributed by atoms with Crippen molar-refractivity contribution in [1.82, 2.24) is 15.8 Å². The lowest BCUT2D eigenvalue weighted by Crippen LogP contribution is -2.51. The van der Waals surface area contributed by atoms with Gasteiger partial charge < -0.3 is 5.32 Å². The van der Waals surface area contributed by atoms with Gasteiger partial charge in [0.2, 0.25) is 0 Å². The van der Waals surface area contributed by atoms with Gasteiger partial charge in [-0.25, -0.2) is 5.01 Å². The maximum absolute atomic E-state index is 11.8. The van der Waals surface area contributed by atoms with E-state index in [1.54, 1.807) is 5.01 Å². The number of nitrogens with zero attached hydrogens (tertiary/aromatic N) is 1. The summed E-state index contributed by atoms with van der Waals surface area (Å²) >= 11 is 0. The molecule has 4 nitrogen and oxygen atoms in total. The van der Waals surface area contributed by atoms with Crippen LogP contribution in [0, 0.1) is 0 Å². The van der Waals surface area contributed by atoms with Crippen molar-refractivity contribution in [2.45, 2.75) is 19.0 Å². The van der Waals surface area contributed by atoms with Crippen molar-refractivity contribution in [1.29, 1.82) is 0 Å². The largest absolute Gasteiger partial charge is 0.301 e. The number of nitrogens with one attached hydrogen (secondary N) is 2. The van der Waals surface area contributed by atoms with Crippen LogP contribution in [0.2, 0.25) is 0 Å². The van der Waals surface area contributed by atoms with Gasteiger partial charge in [0.25, 0.3) is 5.91 Å². The molecule has 2 N–H and O–H groups in total. The number of amides is 1. The van der Waals surface area contributed by atoms with Crippen molar-refractivity contribution in [3.05, 3.63) is 35.4 Å². The minimum absolute atomic E-state index is 0.0273. The molecule has 0 radical (unpaired) electrons. The Morgan fingerprint density at radius 1 is 1.38 bits per heavy atom. The molecule has 1 heterocycles. The molecular formula is C12H17N3O. The zero-order valence-electron chi connectivity index (χ0n) is 9.66. The predicted molar refractivity (Wildman–Crippen MR) is 62.6 cm³/mol. The molecule has 1 aliphatic heterocycles. The van der Waals surface area contributed by atoms with Gasteiger partial charge in [-0.1, -0.05) is 24.3 Å². The molecule has 1 atom stereocenters. The molecule has 0 spiro atoms. The van der Waals surface area contributed by atoms with Crippen LogP contribution in [0.5, 0.6) is 0 Å². The molecular weight excluding hydrogens is 202 g/mol. The molecule has 0 fully saturated rings. The normalized spacial score (nSPS) is 19.3. The Balaban J connectivity index is 2.05. The van der Waals surface area contributed by atoms with Crippen molar-refractivity contribution < 1.29 is 4.79 Å². The highest BCUT2D eigenvalue weighted by molar-refractivity contribution is 5.82. The summed E-state index contributed by atoms with van der Waals surface area (Å²) in [4.78, 5) is 11.8. The maximum Gasteiger partial charge on any atom is 0.251 e. The van der Waals surface area contributed by atoms with E-state index in [0.717, 1.165) is 13.0 Å². The highest BCUT2D eigenvalue weighted by atomic mass is 16.2. The van der Waals surface area contributed by atoms with E-state index in [-0.39, 0.29) is 11.9 Å². The molecule has 0 aromatic heterocycles. The van der Waals surface area contributed by atoms with E-state index in [4.69, 9.17) is 0 Å². The first-order chi connectivity index (χ1) is 7.66. The summed E-state index contributed by atoms with van der Waals surface area (Å²) in [5, 5.41) is 4.91. The average Bonchev–Trinajstić information content (AvgIpc) is 2.27. The van der Waals surface area contributed by atoms with Gasteiger partial charge in [-0.05, 0) is 17.5 Å². The predicted octanol–water partition coefficient (Wildman–Crippen LogP) is 0.294. The summed E-state index contributed by atoms with van der Waals surface area (Å²) in [7, 11) is 3.63. The first kappa shape index (κ1) is 11.1. The van der Waals surface area contributed by atoms with Gasteiger partial charge in [0, 0.05) is 20.6 Å². The molecule has 0 saturated carbocycles. The molecule has 1 aromatic carbocycles. The molecule has 2 rings (SSSR count). The molecule has 86 valence electrons. The number of hydrogen-bond donors (Lipinski definition) is 2. The van der Waals surface area contributed by atoms with E-state index in [2.05, 4.69) is 22.9 Å². The van der Waals surface area contributed by atoms with Crippen LogP contribution < -0.4 is 10.7 Å². The Hall–Kier alpha value is -1.39. The highest BCUT2D eigenvalue weighted by Crippen LogP contribution is 2.16. The van der Waals surface area contributed by atoms with Gasteiger partial charge in [0.1, 0.15) is 0 Å². The van der Waals surface area contributed by atoms with Gasteiger partial charge in [-0.15, -0.1) is 0 Å². The van der Waals surface area contributed by atoms with E-state index in [9.17, 15) is 4.79 Å². The first-order valence-electron chi connectivity index (χ1n) is 5.45. The number of hydrogen-bond acceptors (Lipinski definition) is 3. The summed E-state index contributed by atoms with van der Waals surface area (Å²) < 4.78 is 0. The summed E-state index contributed by atoms with van der Waals surface area (Å²) in [6.45, 7) is 0.766. The Morgan fingerprint density at radius 2 is 2.06 bits per heavy atom. The van der Waals surface area contributed by atoms with Crippen molar-refractivity contribution in [2.75, 3.05) is 14.1 Å². The van der Waals surface area contributed by atoms with Crippen molar-refractivity contribution in [3.63, 3.8) is 0 Å². The van der Waals surface area contributed by atoms with Crippen LogP contribution in [0.15, 0.2) is 24.3 Å². The fourth-order valence-electron chi connectivity index (χ4n) is 1.94. The first-order valence-corrected chi connectivity index (χ1v) is 5.45. The molecule has 0 unspecified atom stereocenters. The lowest BCUT2D eigenvalue weighted by molar-refractivity contribution is -0.127. The van der Waals surface area contributed by atoms with Crippen molar-refractivity contribution >= 4 is 5.91 Å². The standard InChI is InChI=1S/C12H17N3O/c1-15(2)14-12(16)11-7-9-5-3-4-6-10(9)8-13-11/h3-6,11,13H,7-8H2,1-2H3,(H,14,16)/t11-/m0/s1. The number of benzene rings is 1. The summed E-state index contributed by atoms with van der Waals surface area (Å²) in [6, 6.07) is 8.11. The number of carbonyl (C=O) groups excluding carboxylic acids is 1. The Morgan fingerprint density at radius 3 is 2.75 bits per heavy atom. The van der Waals surface area contributed by atoms with Gasteiger partial charge >= 0.3 is 0 Å². The van der Waals surface area contributed by atoms with Crippen LogP contribution in [-0.2, 0) is 17.8 Å². The lowest BCUT2D eigenvalue weighted by Gasteiger charge is -2.26. The minimum atomic E-state index is -0.128. The van der Waals surface area contributed by atoms with Gasteiger partial charge in [-0.2, -0.15) is 0 Å². The molecule has 1 aromatic rings. The van der Waals surface area contributed by atoms with Crippen LogP contribution in [0.4, 0.5) is 0 Å². The quantitative estimate of drug-likeness (QED) is 0.703. The number of fused-ring (bicyclic) bond motifs is 1. The molecule has 0 bridgehead atoms. The van der Waals surface area contributed by atoms with Gasteiger partial charge in [0.15, 0.2) is 0 Å². The topological polar surface area (TPSA) is 44.4 Å². The lowest BCUT2D eigenvalue weighted by atomic mass is 9.96. The Bertz CT molecular complexity index is 390. The fraction of sp³-hybridized carbons (Fsp3) is 0.417. The van der Waals surface area contributed by atoms with E-state index < -0.39 is 0 Å². The molecule has 4 heteroatoms. The molecule has 1 aliphatic rings. The van der Waals surface area contributed by atoms with E-state index in [1.165, 1.54) is 11.1 Å². The Labute approximate surface area is 95.6 Å². The number of rotatable bonds is 2. The van der Waals surface area contributed by atoms with Crippen molar-refractivity contribution in [3.8, 4) is 0 Å². The molecule has 0 saturated heterocycles.